The average Bonchev–Trinajstić information content (AvgIpc) is 1.64. The van der Waals surface area contributed by atoms with Gasteiger partial charge in [-0.1, -0.05) is 11.6 Å². The Morgan fingerprint density at radius 3 is 2.62 bits per heavy atom. The molecule has 0 aromatic heterocycles. The number of hydrogen-bond acceptors (Lipinski definition) is 1. The van der Waals surface area contributed by atoms with Gasteiger partial charge in [0.2, 0.25) is 0 Å². The molecule has 2 heteroatoms. The summed E-state index contributed by atoms with van der Waals surface area (Å²) < 4.78 is 0. The Morgan fingerprint density at radius 2 is 2.25 bits per heavy atom. The van der Waals surface area contributed by atoms with E-state index in [0.29, 0.717) is 5.02 Å². The van der Waals surface area contributed by atoms with Gasteiger partial charge < -0.3 is 5.11 Å². The monoisotopic (exact) mass is 127 g/mol. The van der Waals surface area contributed by atoms with Crippen LogP contribution in [0.15, 0.2) is 18.2 Å². The summed E-state index contributed by atoms with van der Waals surface area (Å²) in [5.41, 5.74) is 0. The second-order valence-electron chi connectivity index (χ2n) is 1.41. The molecule has 0 amide bonds. The maximum Gasteiger partial charge on any atom is 0.117 e. The quantitative estimate of drug-likeness (QED) is 0.564. The van der Waals surface area contributed by atoms with Crippen LogP contribution in [0.3, 0.4) is 0 Å². The van der Waals surface area contributed by atoms with Crippen LogP contribution in [0.4, 0.5) is 0 Å². The number of aromatic hydroxyl groups is 1. The lowest BCUT2D eigenvalue weighted by Crippen LogP contribution is -1.62. The Bertz CT molecular complexity index is 168. The molecule has 0 heterocycles. The molecule has 1 nitrogen and oxygen atoms in total. The van der Waals surface area contributed by atoms with Gasteiger partial charge in [0.1, 0.15) is 5.75 Å². The van der Waals surface area contributed by atoms with Crippen LogP contribution in [0.1, 0.15) is 0 Å². The maximum absolute atomic E-state index is 8.70. The van der Waals surface area contributed by atoms with E-state index >= 15 is 0 Å². The summed E-state index contributed by atoms with van der Waals surface area (Å²) in [6.07, 6.45) is 0. The normalized spacial score (nSPS) is 9.12. The predicted molar refractivity (Wildman–Crippen MR) is 32.0 cm³/mol. The lowest BCUT2D eigenvalue weighted by atomic mass is 10.3. The van der Waals surface area contributed by atoms with E-state index in [1.807, 2.05) is 0 Å². The number of benzene rings is 1. The van der Waals surface area contributed by atoms with Gasteiger partial charge in [-0.3, -0.25) is 0 Å². The molecule has 0 saturated heterocycles. The van der Waals surface area contributed by atoms with Crippen LogP contribution in [0.2, 0.25) is 5.02 Å². The van der Waals surface area contributed by atoms with Crippen LogP contribution >= 0.6 is 11.6 Å². The van der Waals surface area contributed by atoms with Gasteiger partial charge >= 0.3 is 0 Å². The maximum atomic E-state index is 8.70. The van der Waals surface area contributed by atoms with Crippen LogP contribution in [-0.4, -0.2) is 5.11 Å². The summed E-state index contributed by atoms with van der Waals surface area (Å²) in [6, 6.07) is 7.14. The van der Waals surface area contributed by atoms with Crippen molar-refractivity contribution in [2.45, 2.75) is 0 Å². The molecule has 0 atom stereocenters. The Balaban J connectivity index is 3.08. The topological polar surface area (TPSA) is 20.2 Å². The lowest BCUT2D eigenvalue weighted by molar-refractivity contribution is 0.475. The van der Waals surface area contributed by atoms with Crippen molar-refractivity contribution < 1.29 is 5.11 Å². The first-order chi connectivity index (χ1) is 3.79. The van der Waals surface area contributed by atoms with E-state index in [4.69, 9.17) is 16.7 Å². The summed E-state index contributed by atoms with van der Waals surface area (Å²) in [7, 11) is 0. The summed E-state index contributed by atoms with van der Waals surface area (Å²) >= 11 is 5.45. The summed E-state index contributed by atoms with van der Waals surface area (Å²) in [5, 5.41) is 9.20. The first-order valence-electron chi connectivity index (χ1n) is 2.14. The van der Waals surface area contributed by atoms with Crippen LogP contribution in [0, 0.1) is 6.07 Å². The molecule has 1 aromatic rings. The molecular formula is C6H4ClO. The van der Waals surface area contributed by atoms with Crippen LogP contribution in [0.5, 0.6) is 5.75 Å². The van der Waals surface area contributed by atoms with Crippen LogP contribution < -0.4 is 0 Å². The van der Waals surface area contributed by atoms with Crippen molar-refractivity contribution in [3.05, 3.63) is 29.3 Å². The largest absolute Gasteiger partial charge is 0.508 e. The minimum Gasteiger partial charge on any atom is -0.508 e. The van der Waals surface area contributed by atoms with Crippen molar-refractivity contribution in [3.63, 3.8) is 0 Å². The third-order valence-corrected chi connectivity index (χ3v) is 0.956. The number of hydrogen-bond donors (Lipinski definition) is 1. The minimum atomic E-state index is 0.150. The average molecular weight is 128 g/mol. The fourth-order valence-corrected chi connectivity index (χ4v) is 0.606. The summed E-state index contributed by atoms with van der Waals surface area (Å²) in [5.74, 6) is 0.150. The Hall–Kier alpha value is -0.690. The predicted octanol–water partition coefficient (Wildman–Crippen LogP) is 1.85. The fourth-order valence-electron chi connectivity index (χ4n) is 0.431. The van der Waals surface area contributed by atoms with E-state index in [1.165, 1.54) is 12.1 Å². The minimum absolute atomic E-state index is 0.150. The van der Waals surface area contributed by atoms with Crippen LogP contribution in [-0.2, 0) is 0 Å². The molecule has 1 rings (SSSR count). The summed E-state index contributed by atoms with van der Waals surface area (Å²) in [4.78, 5) is 0. The molecule has 0 fully saturated rings. The zero-order valence-electron chi connectivity index (χ0n) is 4.06. The molecule has 0 spiro atoms. The molecule has 0 aliphatic rings. The van der Waals surface area contributed by atoms with Crippen molar-refractivity contribution in [1.82, 2.24) is 0 Å². The zero-order chi connectivity index (χ0) is 5.98. The molecule has 41 valence electrons. The van der Waals surface area contributed by atoms with Gasteiger partial charge in [-0.2, -0.15) is 0 Å². The van der Waals surface area contributed by atoms with E-state index in [9.17, 15) is 0 Å². The highest BCUT2D eigenvalue weighted by Crippen LogP contribution is 2.13. The number of rotatable bonds is 0. The molecule has 0 unspecified atom stereocenters. The fraction of sp³-hybridized carbons (Fsp3) is 0. The molecule has 1 N–H and O–H groups in total. The lowest BCUT2D eigenvalue weighted by Gasteiger charge is -1.87. The highest BCUT2D eigenvalue weighted by atomic mass is 35.5. The SMILES string of the molecule is Oc1c[c]cc(Cl)c1. The van der Waals surface area contributed by atoms with Gasteiger partial charge in [0.15, 0.2) is 0 Å². The van der Waals surface area contributed by atoms with E-state index < -0.39 is 0 Å². The van der Waals surface area contributed by atoms with Gasteiger partial charge in [0, 0.05) is 5.02 Å². The van der Waals surface area contributed by atoms with Gasteiger partial charge in [-0.25, -0.2) is 0 Å². The first kappa shape index (κ1) is 5.45. The van der Waals surface area contributed by atoms with Crippen molar-refractivity contribution >= 4 is 11.6 Å². The third-order valence-electron chi connectivity index (χ3n) is 0.738. The van der Waals surface area contributed by atoms with Crippen molar-refractivity contribution in [2.24, 2.45) is 0 Å². The molecular weight excluding hydrogens is 124 g/mol. The Labute approximate surface area is 52.5 Å². The van der Waals surface area contributed by atoms with Crippen molar-refractivity contribution in [3.8, 4) is 5.75 Å². The second-order valence-corrected chi connectivity index (χ2v) is 1.85. The van der Waals surface area contributed by atoms with E-state index in [2.05, 4.69) is 6.07 Å². The highest BCUT2D eigenvalue weighted by Gasteiger charge is 1.85. The van der Waals surface area contributed by atoms with Gasteiger partial charge in [-0.15, -0.1) is 0 Å². The van der Waals surface area contributed by atoms with Gasteiger partial charge in [0.05, 0.1) is 0 Å². The molecule has 8 heavy (non-hydrogen) atoms. The van der Waals surface area contributed by atoms with Crippen molar-refractivity contribution in [1.29, 1.82) is 0 Å². The zero-order valence-corrected chi connectivity index (χ0v) is 4.81. The van der Waals surface area contributed by atoms with E-state index in [1.54, 1.807) is 6.07 Å². The second kappa shape index (κ2) is 2.05. The number of phenols is 1. The van der Waals surface area contributed by atoms with E-state index in [0.717, 1.165) is 0 Å². The first-order valence-corrected chi connectivity index (χ1v) is 2.52. The number of phenolic OH excluding ortho intramolecular Hbond substituents is 1. The summed E-state index contributed by atoms with van der Waals surface area (Å²) in [6.45, 7) is 0. The van der Waals surface area contributed by atoms with Gasteiger partial charge in [0.25, 0.3) is 0 Å². The highest BCUT2D eigenvalue weighted by molar-refractivity contribution is 6.30. The number of halogens is 1. The molecule has 0 aliphatic heterocycles. The molecule has 0 saturated carbocycles. The van der Waals surface area contributed by atoms with E-state index in [-0.39, 0.29) is 5.75 Å². The molecule has 1 radical (unpaired) electrons. The Morgan fingerprint density at radius 1 is 1.50 bits per heavy atom. The molecule has 0 aliphatic carbocycles. The molecule has 0 bridgehead atoms. The standard InChI is InChI=1S/C6H4ClO/c7-5-2-1-3-6(8)4-5/h2-4,8H. The third kappa shape index (κ3) is 1.14. The van der Waals surface area contributed by atoms with Crippen molar-refractivity contribution in [2.75, 3.05) is 0 Å². The molecule has 1 aromatic carbocycles. The Kier molecular flexibility index (Phi) is 1.40. The smallest absolute Gasteiger partial charge is 0.117 e. The van der Waals surface area contributed by atoms with Crippen LogP contribution in [0.25, 0.3) is 0 Å². The van der Waals surface area contributed by atoms with Gasteiger partial charge in [-0.05, 0) is 24.3 Å².